The SMILES string of the molecule is Cc1cccc(OCC(=O)Nc2scc(-c3ccccc3)c2C(=O)O)c1C. The molecular weight excluding hydrogens is 362 g/mol. The van der Waals surface area contributed by atoms with E-state index >= 15 is 0 Å². The number of aromatic carboxylic acids is 1. The van der Waals surface area contributed by atoms with Gasteiger partial charge in [-0.05, 0) is 36.6 Å². The maximum atomic E-state index is 12.3. The molecule has 1 aromatic heterocycles. The van der Waals surface area contributed by atoms with Gasteiger partial charge in [0.2, 0.25) is 0 Å². The van der Waals surface area contributed by atoms with Crippen LogP contribution in [0, 0.1) is 13.8 Å². The van der Waals surface area contributed by atoms with Crippen LogP contribution in [0.5, 0.6) is 5.75 Å². The topological polar surface area (TPSA) is 75.6 Å². The summed E-state index contributed by atoms with van der Waals surface area (Å²) in [4.78, 5) is 24.0. The number of hydrogen-bond donors (Lipinski definition) is 2. The van der Waals surface area contributed by atoms with Gasteiger partial charge in [0, 0.05) is 10.9 Å². The summed E-state index contributed by atoms with van der Waals surface area (Å²) in [6, 6.07) is 14.9. The zero-order valence-corrected chi connectivity index (χ0v) is 15.8. The van der Waals surface area contributed by atoms with Gasteiger partial charge < -0.3 is 15.2 Å². The van der Waals surface area contributed by atoms with Crippen LogP contribution in [0.15, 0.2) is 53.9 Å². The predicted octanol–water partition coefficient (Wildman–Crippen LogP) is 4.75. The Balaban J connectivity index is 1.75. The Morgan fingerprint density at radius 1 is 1.07 bits per heavy atom. The molecule has 5 nitrogen and oxygen atoms in total. The number of carbonyl (C=O) groups is 2. The second-order valence-corrected chi connectivity index (χ2v) is 6.94. The van der Waals surface area contributed by atoms with Crippen molar-refractivity contribution in [2.75, 3.05) is 11.9 Å². The van der Waals surface area contributed by atoms with E-state index in [0.29, 0.717) is 16.3 Å². The van der Waals surface area contributed by atoms with Crippen LogP contribution in [-0.2, 0) is 4.79 Å². The van der Waals surface area contributed by atoms with Gasteiger partial charge >= 0.3 is 5.97 Å². The molecule has 1 amide bonds. The fourth-order valence-electron chi connectivity index (χ4n) is 2.68. The van der Waals surface area contributed by atoms with E-state index < -0.39 is 11.9 Å². The molecule has 138 valence electrons. The lowest BCUT2D eigenvalue weighted by Gasteiger charge is -2.11. The number of rotatable bonds is 6. The van der Waals surface area contributed by atoms with Crippen molar-refractivity contribution in [3.05, 3.63) is 70.6 Å². The molecule has 0 aliphatic heterocycles. The molecule has 6 heteroatoms. The van der Waals surface area contributed by atoms with Crippen LogP contribution >= 0.6 is 11.3 Å². The first-order valence-electron chi connectivity index (χ1n) is 8.36. The fourth-order valence-corrected chi connectivity index (χ4v) is 3.66. The summed E-state index contributed by atoms with van der Waals surface area (Å²) in [5.41, 5.74) is 3.51. The first-order chi connectivity index (χ1) is 13.0. The number of nitrogens with one attached hydrogen (secondary N) is 1. The molecule has 3 aromatic rings. The van der Waals surface area contributed by atoms with Gasteiger partial charge in [0.1, 0.15) is 16.3 Å². The van der Waals surface area contributed by atoms with Crippen LogP contribution in [0.25, 0.3) is 11.1 Å². The highest BCUT2D eigenvalue weighted by Crippen LogP contribution is 2.35. The van der Waals surface area contributed by atoms with Crippen molar-refractivity contribution in [3.8, 4) is 16.9 Å². The second kappa shape index (κ2) is 8.05. The van der Waals surface area contributed by atoms with Gasteiger partial charge in [-0.15, -0.1) is 11.3 Å². The quantitative estimate of drug-likeness (QED) is 0.646. The van der Waals surface area contributed by atoms with Crippen LogP contribution in [0.4, 0.5) is 5.00 Å². The number of carbonyl (C=O) groups excluding carboxylic acids is 1. The number of aryl methyl sites for hydroxylation is 1. The normalized spacial score (nSPS) is 10.4. The molecule has 0 saturated heterocycles. The van der Waals surface area contributed by atoms with E-state index in [-0.39, 0.29) is 12.2 Å². The van der Waals surface area contributed by atoms with Crippen molar-refractivity contribution < 1.29 is 19.4 Å². The molecule has 0 atom stereocenters. The van der Waals surface area contributed by atoms with Crippen LogP contribution in [-0.4, -0.2) is 23.6 Å². The van der Waals surface area contributed by atoms with Crippen molar-refractivity contribution in [3.63, 3.8) is 0 Å². The zero-order chi connectivity index (χ0) is 19.4. The molecule has 0 unspecified atom stereocenters. The molecule has 27 heavy (non-hydrogen) atoms. The van der Waals surface area contributed by atoms with Crippen molar-refractivity contribution >= 4 is 28.2 Å². The molecule has 2 aromatic carbocycles. The zero-order valence-electron chi connectivity index (χ0n) is 15.0. The van der Waals surface area contributed by atoms with E-state index in [0.717, 1.165) is 16.7 Å². The number of amides is 1. The number of carboxylic acids is 1. The minimum absolute atomic E-state index is 0.0892. The predicted molar refractivity (Wildman–Crippen MR) is 107 cm³/mol. The summed E-state index contributed by atoms with van der Waals surface area (Å²) in [5, 5.41) is 14.3. The first-order valence-corrected chi connectivity index (χ1v) is 9.24. The third-order valence-electron chi connectivity index (χ3n) is 4.26. The molecule has 2 N–H and O–H groups in total. The highest BCUT2D eigenvalue weighted by molar-refractivity contribution is 7.15. The number of thiophene rings is 1. The number of carboxylic acid groups (broad SMARTS) is 1. The molecule has 0 aliphatic rings. The average Bonchev–Trinajstić information content (AvgIpc) is 3.07. The van der Waals surface area contributed by atoms with Crippen molar-refractivity contribution in [1.29, 1.82) is 0 Å². The van der Waals surface area contributed by atoms with E-state index in [2.05, 4.69) is 5.32 Å². The molecule has 0 radical (unpaired) electrons. The Kier molecular flexibility index (Phi) is 5.57. The molecule has 0 aliphatic carbocycles. The average molecular weight is 381 g/mol. The van der Waals surface area contributed by atoms with Crippen molar-refractivity contribution in [2.45, 2.75) is 13.8 Å². The van der Waals surface area contributed by atoms with Gasteiger partial charge in [-0.1, -0.05) is 42.5 Å². The number of anilines is 1. The summed E-state index contributed by atoms with van der Waals surface area (Å²) < 4.78 is 5.59. The van der Waals surface area contributed by atoms with Gasteiger partial charge in [0.05, 0.1) is 0 Å². The Morgan fingerprint density at radius 3 is 2.52 bits per heavy atom. The van der Waals surface area contributed by atoms with Crippen molar-refractivity contribution in [2.24, 2.45) is 0 Å². The minimum atomic E-state index is -1.08. The number of benzene rings is 2. The minimum Gasteiger partial charge on any atom is -0.483 e. The molecule has 3 rings (SSSR count). The lowest BCUT2D eigenvalue weighted by atomic mass is 10.0. The van der Waals surface area contributed by atoms with E-state index in [1.54, 1.807) is 11.4 Å². The molecule has 0 bridgehead atoms. The van der Waals surface area contributed by atoms with Crippen LogP contribution in [0.1, 0.15) is 21.5 Å². The van der Waals surface area contributed by atoms with Crippen LogP contribution in [0.2, 0.25) is 0 Å². The highest BCUT2D eigenvalue weighted by atomic mass is 32.1. The Hall–Kier alpha value is -3.12. The third kappa shape index (κ3) is 4.17. The lowest BCUT2D eigenvalue weighted by molar-refractivity contribution is -0.118. The number of ether oxygens (including phenoxy) is 1. The van der Waals surface area contributed by atoms with Gasteiger partial charge in [-0.25, -0.2) is 4.79 Å². The van der Waals surface area contributed by atoms with Gasteiger partial charge in [0.25, 0.3) is 5.91 Å². The first kappa shape index (κ1) is 18.7. The van der Waals surface area contributed by atoms with Gasteiger partial charge in [-0.3, -0.25) is 4.79 Å². The lowest BCUT2D eigenvalue weighted by Crippen LogP contribution is -2.21. The largest absolute Gasteiger partial charge is 0.483 e. The van der Waals surface area contributed by atoms with E-state index in [1.165, 1.54) is 11.3 Å². The van der Waals surface area contributed by atoms with Crippen LogP contribution < -0.4 is 10.1 Å². The highest BCUT2D eigenvalue weighted by Gasteiger charge is 2.21. The van der Waals surface area contributed by atoms with Gasteiger partial charge in [0.15, 0.2) is 6.61 Å². The third-order valence-corrected chi connectivity index (χ3v) is 5.15. The molecule has 0 saturated carbocycles. The summed E-state index contributed by atoms with van der Waals surface area (Å²) >= 11 is 1.19. The molecular formula is C21H19NO4S. The molecule has 0 fully saturated rings. The summed E-state index contributed by atoms with van der Waals surface area (Å²) in [6.07, 6.45) is 0. The van der Waals surface area contributed by atoms with Gasteiger partial charge in [-0.2, -0.15) is 0 Å². The monoisotopic (exact) mass is 381 g/mol. The van der Waals surface area contributed by atoms with E-state index in [4.69, 9.17) is 4.74 Å². The van der Waals surface area contributed by atoms with Crippen molar-refractivity contribution in [1.82, 2.24) is 0 Å². The Labute approximate surface area is 161 Å². The Morgan fingerprint density at radius 2 is 1.81 bits per heavy atom. The number of hydrogen-bond acceptors (Lipinski definition) is 4. The summed E-state index contributed by atoms with van der Waals surface area (Å²) in [7, 11) is 0. The molecule has 1 heterocycles. The smallest absolute Gasteiger partial charge is 0.339 e. The van der Waals surface area contributed by atoms with Crippen LogP contribution in [0.3, 0.4) is 0 Å². The standard InChI is InChI=1S/C21H19NO4S/c1-13-7-6-10-17(14(13)2)26-11-18(23)22-20-19(21(24)25)16(12-27-20)15-8-4-3-5-9-15/h3-10,12H,11H2,1-2H3,(H,22,23)(H,24,25). The van der Waals surface area contributed by atoms with E-state index in [1.807, 2.05) is 56.3 Å². The maximum absolute atomic E-state index is 12.3. The maximum Gasteiger partial charge on any atom is 0.339 e. The second-order valence-electron chi connectivity index (χ2n) is 6.06. The summed E-state index contributed by atoms with van der Waals surface area (Å²) in [5.74, 6) is -0.847. The Bertz CT molecular complexity index is 979. The summed E-state index contributed by atoms with van der Waals surface area (Å²) in [6.45, 7) is 3.70. The fraction of sp³-hybridized carbons (Fsp3) is 0.143. The van der Waals surface area contributed by atoms with E-state index in [9.17, 15) is 14.7 Å². The molecule has 0 spiro atoms.